The summed E-state index contributed by atoms with van der Waals surface area (Å²) in [6, 6.07) is 11.0. The summed E-state index contributed by atoms with van der Waals surface area (Å²) < 4.78 is 1.55. The van der Waals surface area contributed by atoms with Crippen LogP contribution in [0.25, 0.3) is 10.2 Å². The molecule has 0 aliphatic rings. The van der Waals surface area contributed by atoms with Crippen molar-refractivity contribution in [3.05, 3.63) is 56.4 Å². The van der Waals surface area contributed by atoms with E-state index in [-0.39, 0.29) is 22.8 Å². The number of rotatable bonds is 4. The number of nitrogens with one attached hydrogen (secondary N) is 2. The summed E-state index contributed by atoms with van der Waals surface area (Å²) in [6.45, 7) is 1.92. The van der Waals surface area contributed by atoms with Crippen LogP contribution in [0.4, 0.5) is 5.69 Å². The van der Waals surface area contributed by atoms with Gasteiger partial charge in [-0.15, -0.1) is 11.3 Å². The van der Waals surface area contributed by atoms with E-state index in [9.17, 15) is 9.59 Å². The molecular formula is C16H15N3O2S2. The second-order valence-corrected chi connectivity index (χ2v) is 6.57. The number of H-pyrrole nitrogens is 1. The van der Waals surface area contributed by atoms with Gasteiger partial charge in [0.2, 0.25) is 5.91 Å². The van der Waals surface area contributed by atoms with Crippen LogP contribution in [0.1, 0.15) is 11.8 Å². The molecule has 23 heavy (non-hydrogen) atoms. The fraction of sp³-hybridized carbons (Fsp3) is 0.188. The van der Waals surface area contributed by atoms with Gasteiger partial charge in [0.25, 0.3) is 5.56 Å². The second kappa shape index (κ2) is 6.47. The van der Waals surface area contributed by atoms with Gasteiger partial charge in [-0.25, -0.2) is 0 Å². The third-order valence-electron chi connectivity index (χ3n) is 3.43. The first kappa shape index (κ1) is 15.6. The number of aryl methyl sites for hydroxylation is 1. The van der Waals surface area contributed by atoms with Gasteiger partial charge in [-0.1, -0.05) is 25.1 Å². The maximum absolute atomic E-state index is 12.6. The van der Waals surface area contributed by atoms with Crippen LogP contribution in [0.2, 0.25) is 0 Å². The summed E-state index contributed by atoms with van der Waals surface area (Å²) in [7, 11) is 0. The third kappa shape index (κ3) is 3.25. The molecule has 0 unspecified atom stereocenters. The zero-order valence-corrected chi connectivity index (χ0v) is 14.1. The molecule has 0 saturated carbocycles. The normalized spacial score (nSPS) is 10.8. The maximum atomic E-state index is 12.6. The van der Waals surface area contributed by atoms with Crippen molar-refractivity contribution in [1.82, 2.24) is 9.55 Å². The Hall–Kier alpha value is -2.25. The quantitative estimate of drug-likeness (QED) is 0.713. The largest absolute Gasteiger partial charge is 0.325 e. The van der Waals surface area contributed by atoms with Gasteiger partial charge in [0.1, 0.15) is 11.4 Å². The topological polar surface area (TPSA) is 66.9 Å². The number of fused-ring (bicyclic) bond motifs is 1. The van der Waals surface area contributed by atoms with Crippen LogP contribution >= 0.6 is 23.6 Å². The lowest BCUT2D eigenvalue weighted by molar-refractivity contribution is -0.116. The number of hydrogen-bond acceptors (Lipinski definition) is 4. The van der Waals surface area contributed by atoms with Crippen molar-refractivity contribution in [3.63, 3.8) is 0 Å². The third-order valence-corrected chi connectivity index (χ3v) is 4.95. The number of aromatic nitrogens is 2. The van der Waals surface area contributed by atoms with E-state index in [0.29, 0.717) is 11.1 Å². The standard InChI is InChI=1S/C16H15N3O2S2/c1-2-11-8-12-14(23-11)18-16(22)19(15(12)21)9-13(20)17-10-6-4-3-5-7-10/h3-8H,2,9H2,1H3,(H,17,20)(H,18,22). The number of carbonyl (C=O) groups excluding carboxylic acids is 1. The lowest BCUT2D eigenvalue weighted by Gasteiger charge is -2.07. The number of aromatic amines is 1. The minimum atomic E-state index is -0.289. The predicted octanol–water partition coefficient (Wildman–Crippen LogP) is 3.32. The number of thiophene rings is 1. The van der Waals surface area contributed by atoms with Crippen LogP contribution in [0.5, 0.6) is 0 Å². The Morgan fingerprint density at radius 1 is 1.35 bits per heavy atom. The van der Waals surface area contributed by atoms with Crippen molar-refractivity contribution in [2.45, 2.75) is 19.9 Å². The van der Waals surface area contributed by atoms with Gasteiger partial charge in [0, 0.05) is 10.6 Å². The number of carbonyl (C=O) groups is 1. The summed E-state index contributed by atoms with van der Waals surface area (Å²) in [6.07, 6.45) is 0.855. The first-order chi connectivity index (χ1) is 11.1. The molecule has 5 nitrogen and oxygen atoms in total. The lowest BCUT2D eigenvalue weighted by Crippen LogP contribution is -2.28. The maximum Gasteiger partial charge on any atom is 0.263 e. The molecule has 0 fully saturated rings. The van der Waals surface area contributed by atoms with Crippen LogP contribution in [-0.4, -0.2) is 15.5 Å². The van der Waals surface area contributed by atoms with Crippen molar-refractivity contribution < 1.29 is 4.79 Å². The van der Waals surface area contributed by atoms with Crippen LogP contribution in [-0.2, 0) is 17.8 Å². The minimum absolute atomic E-state index is 0.115. The van der Waals surface area contributed by atoms with Crippen molar-refractivity contribution in [1.29, 1.82) is 0 Å². The second-order valence-electron chi connectivity index (χ2n) is 5.04. The Morgan fingerprint density at radius 2 is 2.09 bits per heavy atom. The van der Waals surface area contributed by atoms with Crippen molar-refractivity contribution in [2.24, 2.45) is 0 Å². The average Bonchev–Trinajstić information content (AvgIpc) is 2.95. The molecule has 2 heterocycles. The van der Waals surface area contributed by atoms with Gasteiger partial charge in [0.15, 0.2) is 4.77 Å². The molecule has 118 valence electrons. The molecule has 1 aromatic carbocycles. The number of benzene rings is 1. The van der Waals surface area contributed by atoms with Crippen LogP contribution in [0.15, 0.2) is 41.2 Å². The Bertz CT molecular complexity index is 970. The van der Waals surface area contributed by atoms with E-state index in [1.807, 2.05) is 31.2 Å². The number of hydrogen-bond donors (Lipinski definition) is 2. The fourth-order valence-corrected chi connectivity index (χ4v) is 3.58. The Balaban J connectivity index is 1.92. The van der Waals surface area contributed by atoms with Gasteiger partial charge >= 0.3 is 0 Å². The molecule has 3 rings (SSSR count). The molecule has 0 aliphatic heterocycles. The molecule has 2 N–H and O–H groups in total. The minimum Gasteiger partial charge on any atom is -0.325 e. The molecule has 0 radical (unpaired) electrons. The zero-order valence-electron chi connectivity index (χ0n) is 12.5. The fourth-order valence-electron chi connectivity index (χ4n) is 2.28. The van der Waals surface area contributed by atoms with Gasteiger partial charge in [0.05, 0.1) is 5.39 Å². The predicted molar refractivity (Wildman–Crippen MR) is 95.7 cm³/mol. The van der Waals surface area contributed by atoms with E-state index in [4.69, 9.17) is 12.2 Å². The summed E-state index contributed by atoms with van der Waals surface area (Å²) in [5, 5.41) is 3.33. The highest BCUT2D eigenvalue weighted by Crippen LogP contribution is 2.21. The Kier molecular flexibility index (Phi) is 4.40. The van der Waals surface area contributed by atoms with Crippen molar-refractivity contribution in [2.75, 3.05) is 5.32 Å². The summed E-state index contributed by atoms with van der Waals surface area (Å²) in [4.78, 5) is 29.6. The highest BCUT2D eigenvalue weighted by Gasteiger charge is 2.12. The molecule has 0 aliphatic carbocycles. The summed E-state index contributed by atoms with van der Waals surface area (Å²) in [5.74, 6) is -0.289. The monoisotopic (exact) mass is 345 g/mol. The Morgan fingerprint density at radius 3 is 2.78 bits per heavy atom. The molecule has 0 bridgehead atoms. The molecule has 7 heteroatoms. The van der Waals surface area contributed by atoms with E-state index in [0.717, 1.165) is 16.1 Å². The van der Waals surface area contributed by atoms with Crippen LogP contribution < -0.4 is 10.9 Å². The number of anilines is 1. The molecule has 3 aromatic rings. The molecule has 0 atom stereocenters. The molecule has 2 aromatic heterocycles. The van der Waals surface area contributed by atoms with Crippen LogP contribution in [0.3, 0.4) is 0 Å². The molecule has 0 saturated heterocycles. The molecule has 1 amide bonds. The number of para-hydroxylation sites is 1. The zero-order chi connectivity index (χ0) is 16.4. The Labute approximate surface area is 141 Å². The van der Waals surface area contributed by atoms with Gasteiger partial charge in [-0.05, 0) is 36.8 Å². The number of amides is 1. The van der Waals surface area contributed by atoms with Crippen LogP contribution in [0, 0.1) is 4.77 Å². The van der Waals surface area contributed by atoms with E-state index < -0.39 is 0 Å². The smallest absolute Gasteiger partial charge is 0.263 e. The molecule has 0 spiro atoms. The van der Waals surface area contributed by atoms with E-state index >= 15 is 0 Å². The average molecular weight is 345 g/mol. The summed E-state index contributed by atoms with van der Waals surface area (Å²) >= 11 is 6.75. The first-order valence-corrected chi connectivity index (χ1v) is 8.41. The number of nitrogens with zero attached hydrogens (tertiary/aromatic N) is 1. The van der Waals surface area contributed by atoms with Crippen molar-refractivity contribution >= 4 is 45.4 Å². The SMILES string of the molecule is CCc1cc2c(=O)n(CC(=O)Nc3ccccc3)c(=S)[nH]c2s1. The first-order valence-electron chi connectivity index (χ1n) is 7.19. The van der Waals surface area contributed by atoms with Gasteiger partial charge in [-0.3, -0.25) is 14.2 Å². The van der Waals surface area contributed by atoms with Gasteiger partial charge < -0.3 is 10.3 Å². The lowest BCUT2D eigenvalue weighted by atomic mass is 10.3. The highest BCUT2D eigenvalue weighted by atomic mass is 32.1. The van der Waals surface area contributed by atoms with E-state index in [2.05, 4.69) is 10.3 Å². The van der Waals surface area contributed by atoms with E-state index in [1.54, 1.807) is 12.1 Å². The van der Waals surface area contributed by atoms with E-state index in [1.165, 1.54) is 15.9 Å². The highest BCUT2D eigenvalue weighted by molar-refractivity contribution is 7.71. The van der Waals surface area contributed by atoms with Gasteiger partial charge in [-0.2, -0.15) is 0 Å². The summed E-state index contributed by atoms with van der Waals surface area (Å²) in [5.41, 5.74) is 0.452. The molecular weight excluding hydrogens is 330 g/mol. The van der Waals surface area contributed by atoms with Crippen molar-refractivity contribution in [3.8, 4) is 0 Å².